The monoisotopic (exact) mass is 324 g/mol. The summed E-state index contributed by atoms with van der Waals surface area (Å²) in [6.45, 7) is 3.57. The van der Waals surface area contributed by atoms with Crippen molar-refractivity contribution in [1.29, 1.82) is 0 Å². The lowest BCUT2D eigenvalue weighted by Crippen LogP contribution is -2.39. The highest BCUT2D eigenvalue weighted by Crippen LogP contribution is 2.20. The number of carbonyl (C=O) groups is 2. The van der Waals surface area contributed by atoms with Crippen LogP contribution in [0.5, 0.6) is 0 Å². The molecule has 1 saturated heterocycles. The SMILES string of the molecule is Cc1ccc(N2CCN(CC(=O)NCc3ccccn3)C2=O)cc1. The van der Waals surface area contributed by atoms with Gasteiger partial charge in [-0.1, -0.05) is 23.8 Å². The van der Waals surface area contributed by atoms with Gasteiger partial charge < -0.3 is 10.2 Å². The molecule has 6 heteroatoms. The van der Waals surface area contributed by atoms with E-state index in [0.717, 1.165) is 16.9 Å². The summed E-state index contributed by atoms with van der Waals surface area (Å²) in [5.41, 5.74) is 2.80. The molecule has 2 heterocycles. The van der Waals surface area contributed by atoms with Crippen molar-refractivity contribution in [3.63, 3.8) is 0 Å². The van der Waals surface area contributed by atoms with Gasteiger partial charge in [0.2, 0.25) is 5.91 Å². The number of nitrogens with zero attached hydrogens (tertiary/aromatic N) is 3. The Balaban J connectivity index is 1.53. The summed E-state index contributed by atoms with van der Waals surface area (Å²) < 4.78 is 0. The number of hydrogen-bond acceptors (Lipinski definition) is 3. The lowest BCUT2D eigenvalue weighted by Gasteiger charge is -2.18. The maximum Gasteiger partial charge on any atom is 0.325 e. The van der Waals surface area contributed by atoms with Crippen LogP contribution in [-0.4, -0.2) is 41.5 Å². The van der Waals surface area contributed by atoms with Gasteiger partial charge in [0.15, 0.2) is 0 Å². The Labute approximate surface area is 141 Å². The predicted molar refractivity (Wildman–Crippen MR) is 91.6 cm³/mol. The lowest BCUT2D eigenvalue weighted by molar-refractivity contribution is -0.121. The molecule has 1 aromatic carbocycles. The summed E-state index contributed by atoms with van der Waals surface area (Å²) in [5, 5.41) is 2.79. The smallest absolute Gasteiger partial charge is 0.325 e. The van der Waals surface area contributed by atoms with Crippen LogP contribution >= 0.6 is 0 Å². The van der Waals surface area contributed by atoms with E-state index >= 15 is 0 Å². The normalized spacial score (nSPS) is 14.1. The number of aromatic nitrogens is 1. The van der Waals surface area contributed by atoms with Gasteiger partial charge in [-0.2, -0.15) is 0 Å². The van der Waals surface area contributed by atoms with E-state index in [1.54, 1.807) is 16.0 Å². The van der Waals surface area contributed by atoms with Gasteiger partial charge in [-0.3, -0.25) is 14.7 Å². The van der Waals surface area contributed by atoms with Crippen LogP contribution in [0, 0.1) is 6.92 Å². The minimum Gasteiger partial charge on any atom is -0.349 e. The first-order valence-corrected chi connectivity index (χ1v) is 7.93. The predicted octanol–water partition coefficient (Wildman–Crippen LogP) is 1.95. The number of pyridine rings is 1. The fraction of sp³-hybridized carbons (Fsp3) is 0.278. The zero-order chi connectivity index (χ0) is 16.9. The van der Waals surface area contributed by atoms with E-state index in [0.29, 0.717) is 19.6 Å². The number of anilines is 1. The molecule has 3 rings (SSSR count). The van der Waals surface area contributed by atoms with Crippen LogP contribution in [0.25, 0.3) is 0 Å². The van der Waals surface area contributed by atoms with Crippen molar-refractivity contribution in [2.24, 2.45) is 0 Å². The topological polar surface area (TPSA) is 65.5 Å². The van der Waals surface area contributed by atoms with Crippen LogP contribution in [0.4, 0.5) is 10.5 Å². The molecule has 0 bridgehead atoms. The molecule has 0 aliphatic carbocycles. The molecule has 124 valence electrons. The molecule has 0 atom stereocenters. The van der Waals surface area contributed by atoms with Crippen LogP contribution in [-0.2, 0) is 11.3 Å². The number of hydrogen-bond donors (Lipinski definition) is 1. The third-order valence-corrected chi connectivity index (χ3v) is 3.97. The molecule has 3 amide bonds. The van der Waals surface area contributed by atoms with E-state index < -0.39 is 0 Å². The van der Waals surface area contributed by atoms with E-state index in [1.807, 2.05) is 49.4 Å². The van der Waals surface area contributed by atoms with Gasteiger partial charge in [-0.25, -0.2) is 4.79 Å². The van der Waals surface area contributed by atoms with Gasteiger partial charge in [0.1, 0.15) is 6.54 Å². The van der Waals surface area contributed by atoms with Gasteiger partial charge in [0.05, 0.1) is 12.2 Å². The van der Waals surface area contributed by atoms with E-state index in [2.05, 4.69) is 10.3 Å². The molecule has 0 radical (unpaired) electrons. The van der Waals surface area contributed by atoms with Crippen LogP contribution in [0.15, 0.2) is 48.7 Å². The Kier molecular flexibility index (Phi) is 4.74. The Hall–Kier alpha value is -2.89. The summed E-state index contributed by atoms with van der Waals surface area (Å²) in [7, 11) is 0. The van der Waals surface area contributed by atoms with Crippen molar-refractivity contribution >= 4 is 17.6 Å². The van der Waals surface area contributed by atoms with Gasteiger partial charge >= 0.3 is 6.03 Å². The highest BCUT2D eigenvalue weighted by Gasteiger charge is 2.30. The van der Waals surface area contributed by atoms with Gasteiger partial charge in [0, 0.05) is 25.0 Å². The molecule has 6 nitrogen and oxygen atoms in total. The van der Waals surface area contributed by atoms with Crippen molar-refractivity contribution in [3.8, 4) is 0 Å². The Morgan fingerprint density at radius 3 is 2.67 bits per heavy atom. The Morgan fingerprint density at radius 2 is 1.96 bits per heavy atom. The Morgan fingerprint density at radius 1 is 1.17 bits per heavy atom. The number of nitrogens with one attached hydrogen (secondary N) is 1. The molecule has 0 spiro atoms. The minimum atomic E-state index is -0.181. The van der Waals surface area contributed by atoms with E-state index in [4.69, 9.17) is 0 Å². The van der Waals surface area contributed by atoms with E-state index in [9.17, 15) is 9.59 Å². The lowest BCUT2D eigenvalue weighted by atomic mass is 10.2. The fourth-order valence-corrected chi connectivity index (χ4v) is 2.61. The Bertz CT molecular complexity index is 716. The standard InChI is InChI=1S/C18H20N4O2/c1-14-5-7-16(8-6-14)22-11-10-21(18(22)24)13-17(23)20-12-15-4-2-3-9-19-15/h2-9H,10-13H2,1H3,(H,20,23). The molecule has 1 aromatic heterocycles. The second kappa shape index (κ2) is 7.12. The number of rotatable bonds is 5. The molecule has 1 aliphatic heterocycles. The third-order valence-electron chi connectivity index (χ3n) is 3.97. The highest BCUT2D eigenvalue weighted by atomic mass is 16.2. The number of carbonyl (C=O) groups excluding carboxylic acids is 2. The third kappa shape index (κ3) is 3.71. The summed E-state index contributed by atoms with van der Waals surface area (Å²) in [4.78, 5) is 31.9. The quantitative estimate of drug-likeness (QED) is 0.914. The van der Waals surface area contributed by atoms with Gasteiger partial charge in [0.25, 0.3) is 0 Å². The van der Waals surface area contributed by atoms with Crippen molar-refractivity contribution in [2.75, 3.05) is 24.5 Å². The second-order valence-corrected chi connectivity index (χ2v) is 5.79. The van der Waals surface area contributed by atoms with Gasteiger partial charge in [-0.15, -0.1) is 0 Å². The molecule has 1 aliphatic rings. The highest BCUT2D eigenvalue weighted by molar-refractivity contribution is 5.96. The fourth-order valence-electron chi connectivity index (χ4n) is 2.61. The number of amides is 3. The molecule has 0 unspecified atom stereocenters. The molecule has 0 saturated carbocycles. The summed E-state index contributed by atoms with van der Waals surface area (Å²) in [6, 6.07) is 13.2. The van der Waals surface area contributed by atoms with E-state index in [1.165, 1.54) is 0 Å². The van der Waals surface area contributed by atoms with Crippen molar-refractivity contribution in [3.05, 3.63) is 59.9 Å². The van der Waals surface area contributed by atoms with Gasteiger partial charge in [-0.05, 0) is 31.2 Å². The number of aryl methyl sites for hydroxylation is 1. The average Bonchev–Trinajstić information content (AvgIpc) is 2.95. The maximum atomic E-state index is 12.5. The van der Waals surface area contributed by atoms with Crippen molar-refractivity contribution < 1.29 is 9.59 Å². The molecular weight excluding hydrogens is 304 g/mol. The number of benzene rings is 1. The first-order valence-electron chi connectivity index (χ1n) is 7.93. The maximum absolute atomic E-state index is 12.5. The molecular formula is C18H20N4O2. The molecule has 1 fully saturated rings. The molecule has 2 aromatic rings. The van der Waals surface area contributed by atoms with Crippen LogP contribution in [0.2, 0.25) is 0 Å². The van der Waals surface area contributed by atoms with Crippen LogP contribution < -0.4 is 10.2 Å². The molecule has 24 heavy (non-hydrogen) atoms. The first-order chi connectivity index (χ1) is 11.6. The zero-order valence-electron chi connectivity index (χ0n) is 13.6. The number of urea groups is 1. The van der Waals surface area contributed by atoms with Crippen LogP contribution in [0.3, 0.4) is 0 Å². The average molecular weight is 324 g/mol. The first kappa shape index (κ1) is 16.0. The summed E-state index contributed by atoms with van der Waals surface area (Å²) >= 11 is 0. The van der Waals surface area contributed by atoms with E-state index in [-0.39, 0.29) is 18.5 Å². The summed E-state index contributed by atoms with van der Waals surface area (Å²) in [6.07, 6.45) is 1.69. The molecule has 1 N–H and O–H groups in total. The largest absolute Gasteiger partial charge is 0.349 e. The summed E-state index contributed by atoms with van der Waals surface area (Å²) in [5.74, 6) is -0.181. The van der Waals surface area contributed by atoms with Crippen LogP contribution in [0.1, 0.15) is 11.3 Å². The minimum absolute atomic E-state index is 0.0635. The zero-order valence-corrected chi connectivity index (χ0v) is 13.6. The van der Waals surface area contributed by atoms with Crippen molar-refractivity contribution in [1.82, 2.24) is 15.2 Å². The van der Waals surface area contributed by atoms with Crippen molar-refractivity contribution in [2.45, 2.75) is 13.5 Å². The second-order valence-electron chi connectivity index (χ2n) is 5.79.